The number of benzene rings is 3. The van der Waals surface area contributed by atoms with E-state index >= 15 is 0 Å². The Hall–Kier alpha value is -3.67. The number of fused-ring (bicyclic) bond motifs is 2. The Labute approximate surface area is 174 Å². The average Bonchev–Trinajstić information content (AvgIpc) is 2.80. The molecule has 0 N–H and O–H groups in total. The second-order valence-corrected chi connectivity index (χ2v) is 7.14. The minimum absolute atomic E-state index is 0.283. The fourth-order valence-electron chi connectivity index (χ4n) is 3.88. The number of hydrogen-bond donors (Lipinski definition) is 0. The van der Waals surface area contributed by atoms with E-state index in [4.69, 9.17) is 9.47 Å². The zero-order valence-electron chi connectivity index (χ0n) is 16.5. The number of rotatable bonds is 5. The quantitative estimate of drug-likeness (QED) is 0.483. The summed E-state index contributed by atoms with van der Waals surface area (Å²) < 4.78 is 10.6. The van der Waals surface area contributed by atoms with Gasteiger partial charge in [-0.2, -0.15) is 0 Å². The Bertz CT molecular complexity index is 1120. The highest BCUT2D eigenvalue weighted by Gasteiger charge is 2.35. The van der Waals surface area contributed by atoms with Gasteiger partial charge in [-0.3, -0.25) is 9.59 Å². The van der Waals surface area contributed by atoms with Gasteiger partial charge < -0.3 is 14.4 Å². The molecule has 30 heavy (non-hydrogen) atoms. The number of nitrogens with zero attached hydrogens (tertiary/aromatic N) is 1. The van der Waals surface area contributed by atoms with E-state index in [9.17, 15) is 14.4 Å². The summed E-state index contributed by atoms with van der Waals surface area (Å²) in [6, 6.07) is 18.0. The predicted molar refractivity (Wildman–Crippen MR) is 111 cm³/mol. The fraction of sp³-hybridized carbons (Fsp3) is 0.208. The van der Waals surface area contributed by atoms with Crippen molar-refractivity contribution in [2.24, 2.45) is 0 Å². The van der Waals surface area contributed by atoms with Crippen LogP contribution in [0.15, 0.2) is 60.7 Å². The van der Waals surface area contributed by atoms with Gasteiger partial charge in [0.15, 0.2) is 12.9 Å². The third-order valence-electron chi connectivity index (χ3n) is 5.44. The highest BCUT2D eigenvalue weighted by atomic mass is 16.5. The number of aldehydes is 1. The molecule has 6 heteroatoms. The third kappa shape index (κ3) is 3.64. The van der Waals surface area contributed by atoms with E-state index in [1.807, 2.05) is 54.6 Å². The van der Waals surface area contributed by atoms with Crippen molar-refractivity contribution in [3.05, 3.63) is 77.4 Å². The highest BCUT2D eigenvalue weighted by Crippen LogP contribution is 2.28. The van der Waals surface area contributed by atoms with E-state index in [1.165, 1.54) is 12.0 Å². The molecular weight excluding hydrogens is 382 g/mol. The molecule has 0 bridgehead atoms. The molecule has 0 spiro atoms. The Morgan fingerprint density at radius 3 is 2.53 bits per heavy atom. The smallest absolute Gasteiger partial charge is 0.328 e. The molecule has 6 nitrogen and oxygen atoms in total. The summed E-state index contributed by atoms with van der Waals surface area (Å²) >= 11 is 0. The Balaban J connectivity index is 1.56. The van der Waals surface area contributed by atoms with Gasteiger partial charge in [0.1, 0.15) is 11.8 Å². The van der Waals surface area contributed by atoms with Gasteiger partial charge in [0.25, 0.3) is 5.91 Å². The van der Waals surface area contributed by atoms with Crippen LogP contribution < -0.4 is 4.74 Å². The van der Waals surface area contributed by atoms with Gasteiger partial charge in [-0.15, -0.1) is 0 Å². The van der Waals surface area contributed by atoms with Crippen LogP contribution in [0.2, 0.25) is 0 Å². The van der Waals surface area contributed by atoms with Crippen molar-refractivity contribution in [1.82, 2.24) is 4.90 Å². The maximum absolute atomic E-state index is 13.0. The average molecular weight is 403 g/mol. The predicted octanol–water partition coefficient (Wildman–Crippen LogP) is 3.16. The van der Waals surface area contributed by atoms with Gasteiger partial charge in [-0.1, -0.05) is 54.6 Å². The number of methoxy groups -OCH3 is 1. The first kappa shape index (κ1) is 19.6. The first-order valence-corrected chi connectivity index (χ1v) is 9.66. The largest absolute Gasteiger partial charge is 0.483 e. The summed E-state index contributed by atoms with van der Waals surface area (Å²) in [5, 5.41) is 1.67. The van der Waals surface area contributed by atoms with Crippen molar-refractivity contribution in [3.63, 3.8) is 0 Å². The maximum atomic E-state index is 13.0. The summed E-state index contributed by atoms with van der Waals surface area (Å²) in [5.74, 6) is -0.467. The highest BCUT2D eigenvalue weighted by molar-refractivity contribution is 6.01. The molecule has 0 radical (unpaired) electrons. The second-order valence-electron chi connectivity index (χ2n) is 7.14. The third-order valence-corrected chi connectivity index (χ3v) is 5.44. The second kappa shape index (κ2) is 8.37. The maximum Gasteiger partial charge on any atom is 0.328 e. The number of amides is 1. The SMILES string of the molecule is COC(=O)[C@@H]1Cc2ccccc2CN1C(=O)COc1ccc2ccccc2c1C=O. The van der Waals surface area contributed by atoms with Crippen LogP contribution >= 0.6 is 0 Å². The van der Waals surface area contributed by atoms with E-state index in [-0.39, 0.29) is 12.5 Å². The van der Waals surface area contributed by atoms with Crippen LogP contribution in [-0.2, 0) is 27.3 Å². The molecule has 0 saturated carbocycles. The molecule has 4 rings (SSSR count). The number of ether oxygens (including phenoxy) is 2. The van der Waals surface area contributed by atoms with E-state index in [0.717, 1.165) is 28.2 Å². The van der Waals surface area contributed by atoms with Crippen LogP contribution in [0.5, 0.6) is 5.75 Å². The zero-order valence-corrected chi connectivity index (χ0v) is 16.5. The summed E-state index contributed by atoms with van der Waals surface area (Å²) in [6.07, 6.45) is 1.13. The Kier molecular flexibility index (Phi) is 5.48. The van der Waals surface area contributed by atoms with Crippen molar-refractivity contribution in [2.45, 2.75) is 19.0 Å². The van der Waals surface area contributed by atoms with Gasteiger partial charge in [0, 0.05) is 13.0 Å². The van der Waals surface area contributed by atoms with E-state index in [1.54, 1.807) is 6.07 Å². The molecule has 152 valence electrons. The van der Waals surface area contributed by atoms with E-state index in [0.29, 0.717) is 24.3 Å². The number of hydrogen-bond acceptors (Lipinski definition) is 5. The van der Waals surface area contributed by atoms with Gasteiger partial charge in [0.05, 0.1) is 12.7 Å². The van der Waals surface area contributed by atoms with Gasteiger partial charge in [-0.25, -0.2) is 4.79 Å². The summed E-state index contributed by atoms with van der Waals surface area (Å²) in [6.45, 7) is 0.0191. The molecule has 1 aliphatic heterocycles. The standard InChI is InChI=1S/C24H21NO5/c1-29-24(28)21-12-17-7-2-3-8-18(17)13-25(21)23(27)15-30-22-11-10-16-6-4-5-9-19(16)20(22)14-26/h2-11,14,21H,12-13,15H2,1H3/t21-/m0/s1. The van der Waals surface area contributed by atoms with E-state index < -0.39 is 12.0 Å². The van der Waals surface area contributed by atoms with Crippen LogP contribution in [0.25, 0.3) is 10.8 Å². The van der Waals surface area contributed by atoms with Gasteiger partial charge >= 0.3 is 5.97 Å². The Morgan fingerprint density at radius 2 is 1.77 bits per heavy atom. The lowest BCUT2D eigenvalue weighted by Gasteiger charge is -2.35. The molecule has 0 aliphatic carbocycles. The van der Waals surface area contributed by atoms with Gasteiger partial charge in [-0.05, 0) is 28.0 Å². The first-order chi connectivity index (χ1) is 14.6. The zero-order chi connectivity index (χ0) is 21.1. The minimum atomic E-state index is -0.705. The van der Waals surface area contributed by atoms with Crippen molar-refractivity contribution >= 4 is 28.9 Å². The van der Waals surface area contributed by atoms with Crippen molar-refractivity contribution in [2.75, 3.05) is 13.7 Å². The molecule has 3 aromatic carbocycles. The van der Waals surface area contributed by atoms with Crippen LogP contribution in [0.1, 0.15) is 21.5 Å². The molecule has 0 fully saturated rings. The molecule has 1 atom stereocenters. The number of carbonyl (C=O) groups is 3. The molecule has 1 amide bonds. The number of esters is 1. The fourth-order valence-corrected chi connectivity index (χ4v) is 3.88. The molecule has 1 aliphatic rings. The Morgan fingerprint density at radius 1 is 1.03 bits per heavy atom. The van der Waals surface area contributed by atoms with Crippen LogP contribution in [0, 0.1) is 0 Å². The van der Waals surface area contributed by atoms with Crippen LogP contribution in [0.4, 0.5) is 0 Å². The lowest BCUT2D eigenvalue weighted by Crippen LogP contribution is -2.50. The van der Waals surface area contributed by atoms with E-state index in [2.05, 4.69) is 0 Å². The van der Waals surface area contributed by atoms with Gasteiger partial charge in [0.2, 0.25) is 0 Å². The monoisotopic (exact) mass is 403 g/mol. The molecular formula is C24H21NO5. The molecule has 3 aromatic rings. The van der Waals surface area contributed by atoms with Crippen molar-refractivity contribution < 1.29 is 23.9 Å². The molecule has 1 heterocycles. The van der Waals surface area contributed by atoms with Crippen LogP contribution in [-0.4, -0.2) is 42.8 Å². The topological polar surface area (TPSA) is 72.9 Å². The summed E-state index contributed by atoms with van der Waals surface area (Å²) in [7, 11) is 1.31. The summed E-state index contributed by atoms with van der Waals surface area (Å²) in [4.78, 5) is 38.4. The minimum Gasteiger partial charge on any atom is -0.483 e. The number of carbonyl (C=O) groups excluding carboxylic acids is 3. The lowest BCUT2D eigenvalue weighted by molar-refractivity contribution is -0.154. The summed E-state index contributed by atoms with van der Waals surface area (Å²) in [5.41, 5.74) is 2.41. The van der Waals surface area contributed by atoms with Crippen molar-refractivity contribution in [1.29, 1.82) is 0 Å². The molecule has 0 unspecified atom stereocenters. The normalized spacial score (nSPS) is 15.4. The van der Waals surface area contributed by atoms with Crippen molar-refractivity contribution in [3.8, 4) is 5.75 Å². The van der Waals surface area contributed by atoms with Crippen LogP contribution in [0.3, 0.4) is 0 Å². The first-order valence-electron chi connectivity index (χ1n) is 9.66. The lowest BCUT2D eigenvalue weighted by atomic mass is 9.94. The molecule has 0 aromatic heterocycles. The molecule has 0 saturated heterocycles.